The summed E-state index contributed by atoms with van der Waals surface area (Å²) in [4.78, 5) is 14.5. The lowest BCUT2D eigenvalue weighted by Crippen LogP contribution is -2.43. The van der Waals surface area contributed by atoms with E-state index in [9.17, 15) is 4.79 Å². The van der Waals surface area contributed by atoms with Crippen LogP contribution in [0.2, 0.25) is 0 Å². The zero-order valence-electron chi connectivity index (χ0n) is 15.9. The molecule has 2 heterocycles. The maximum absolute atomic E-state index is 12.3. The van der Waals surface area contributed by atoms with Gasteiger partial charge < -0.3 is 10.2 Å². The second kappa shape index (κ2) is 8.30. The Bertz CT molecular complexity index is 736. The van der Waals surface area contributed by atoms with Crippen molar-refractivity contribution in [1.82, 2.24) is 15.5 Å². The van der Waals surface area contributed by atoms with Gasteiger partial charge in [0, 0.05) is 30.6 Å². The Morgan fingerprint density at radius 1 is 1.23 bits per heavy atom. The van der Waals surface area contributed by atoms with Crippen LogP contribution in [0.25, 0.3) is 11.3 Å². The molecule has 1 aromatic carbocycles. The molecule has 0 saturated carbocycles. The lowest BCUT2D eigenvalue weighted by Gasteiger charge is -2.32. The number of hydrogen-bond acceptors (Lipinski definition) is 4. The first-order chi connectivity index (χ1) is 12.6. The summed E-state index contributed by atoms with van der Waals surface area (Å²) in [6.45, 7) is 7.91. The first-order valence-electron chi connectivity index (χ1n) is 9.53. The molecule has 2 aromatic rings. The van der Waals surface area contributed by atoms with Crippen LogP contribution in [0, 0.1) is 12.8 Å². The molecule has 1 fully saturated rings. The molecular formula is C21H28N4O. The first-order valence-corrected chi connectivity index (χ1v) is 9.53. The SMILES string of the molecule is CCC(C)NC(=O)C1CCN(c2ccc(-c3cccc(C)c3)nn2)CC1. The van der Waals surface area contributed by atoms with Crippen LogP contribution in [0.15, 0.2) is 36.4 Å². The molecule has 0 radical (unpaired) electrons. The second-order valence-electron chi connectivity index (χ2n) is 7.23. The van der Waals surface area contributed by atoms with E-state index in [2.05, 4.69) is 59.4 Å². The molecule has 1 aliphatic heterocycles. The number of rotatable bonds is 5. The van der Waals surface area contributed by atoms with Gasteiger partial charge in [-0.25, -0.2) is 0 Å². The molecule has 1 unspecified atom stereocenters. The molecule has 0 spiro atoms. The standard InChI is InChI=1S/C21H28N4O/c1-4-16(3)22-21(26)17-10-12-25(13-11-17)20-9-8-19(23-24-20)18-7-5-6-15(2)14-18/h5-9,14,16-17H,4,10-13H2,1-3H3,(H,22,26). The van der Waals surface area contributed by atoms with Gasteiger partial charge in [-0.3, -0.25) is 4.79 Å². The Hall–Kier alpha value is -2.43. The van der Waals surface area contributed by atoms with Crippen LogP contribution in [-0.4, -0.2) is 35.2 Å². The molecule has 3 rings (SSSR count). The fourth-order valence-electron chi connectivity index (χ4n) is 3.29. The molecule has 1 N–H and O–H groups in total. The highest BCUT2D eigenvalue weighted by Gasteiger charge is 2.26. The fraction of sp³-hybridized carbons (Fsp3) is 0.476. The molecule has 0 aliphatic carbocycles. The first kappa shape index (κ1) is 18.4. The lowest BCUT2D eigenvalue weighted by atomic mass is 9.95. The molecule has 0 bridgehead atoms. The molecule has 1 aromatic heterocycles. The summed E-state index contributed by atoms with van der Waals surface area (Å²) in [6, 6.07) is 12.6. The van der Waals surface area contributed by atoms with Crippen LogP contribution >= 0.6 is 0 Å². The van der Waals surface area contributed by atoms with Crippen molar-refractivity contribution in [3.05, 3.63) is 42.0 Å². The highest BCUT2D eigenvalue weighted by atomic mass is 16.1. The van der Waals surface area contributed by atoms with Gasteiger partial charge in [-0.05, 0) is 51.3 Å². The summed E-state index contributed by atoms with van der Waals surface area (Å²) in [6.07, 6.45) is 2.70. The maximum Gasteiger partial charge on any atom is 0.223 e. The van der Waals surface area contributed by atoms with Gasteiger partial charge >= 0.3 is 0 Å². The lowest BCUT2D eigenvalue weighted by molar-refractivity contribution is -0.126. The van der Waals surface area contributed by atoms with Crippen LogP contribution in [0.4, 0.5) is 5.82 Å². The van der Waals surface area contributed by atoms with E-state index in [-0.39, 0.29) is 17.9 Å². The summed E-state index contributed by atoms with van der Waals surface area (Å²) >= 11 is 0. The fourth-order valence-corrected chi connectivity index (χ4v) is 3.29. The Kier molecular flexibility index (Phi) is 5.86. The van der Waals surface area contributed by atoms with Gasteiger partial charge in [0.2, 0.25) is 5.91 Å². The average Bonchev–Trinajstić information content (AvgIpc) is 2.68. The second-order valence-corrected chi connectivity index (χ2v) is 7.23. The van der Waals surface area contributed by atoms with E-state index < -0.39 is 0 Å². The monoisotopic (exact) mass is 352 g/mol. The number of amides is 1. The van der Waals surface area contributed by atoms with E-state index in [0.29, 0.717) is 0 Å². The zero-order valence-corrected chi connectivity index (χ0v) is 15.9. The number of carbonyl (C=O) groups is 1. The number of anilines is 1. The quantitative estimate of drug-likeness (QED) is 0.893. The maximum atomic E-state index is 12.3. The number of carbonyl (C=O) groups excluding carboxylic acids is 1. The molecule has 1 saturated heterocycles. The van der Waals surface area contributed by atoms with Gasteiger partial charge in [0.1, 0.15) is 0 Å². The van der Waals surface area contributed by atoms with Crippen LogP contribution in [0.3, 0.4) is 0 Å². The summed E-state index contributed by atoms with van der Waals surface area (Å²) in [5.74, 6) is 1.20. The van der Waals surface area contributed by atoms with Crippen molar-refractivity contribution in [1.29, 1.82) is 0 Å². The van der Waals surface area contributed by atoms with Gasteiger partial charge in [0.05, 0.1) is 5.69 Å². The molecule has 1 atom stereocenters. The molecular weight excluding hydrogens is 324 g/mol. The smallest absolute Gasteiger partial charge is 0.223 e. The van der Waals surface area contributed by atoms with Crippen molar-refractivity contribution in [2.75, 3.05) is 18.0 Å². The van der Waals surface area contributed by atoms with Gasteiger partial charge in [-0.2, -0.15) is 0 Å². The molecule has 1 amide bonds. The number of aromatic nitrogens is 2. The Morgan fingerprint density at radius 3 is 2.62 bits per heavy atom. The van der Waals surface area contributed by atoms with E-state index in [0.717, 1.165) is 49.4 Å². The molecule has 1 aliphatic rings. The van der Waals surface area contributed by atoms with Crippen molar-refractivity contribution in [3.63, 3.8) is 0 Å². The highest BCUT2D eigenvalue weighted by molar-refractivity contribution is 5.79. The van der Waals surface area contributed by atoms with Crippen molar-refractivity contribution in [3.8, 4) is 11.3 Å². The van der Waals surface area contributed by atoms with Gasteiger partial charge in [0.15, 0.2) is 5.82 Å². The van der Waals surface area contributed by atoms with Crippen molar-refractivity contribution < 1.29 is 4.79 Å². The Labute approximate surface area is 155 Å². The van der Waals surface area contributed by atoms with Crippen LogP contribution in [0.5, 0.6) is 0 Å². The third kappa shape index (κ3) is 4.40. The van der Waals surface area contributed by atoms with E-state index in [1.54, 1.807) is 0 Å². The minimum atomic E-state index is 0.111. The molecule has 5 heteroatoms. The van der Waals surface area contributed by atoms with Crippen LogP contribution < -0.4 is 10.2 Å². The number of benzene rings is 1. The minimum Gasteiger partial charge on any atom is -0.355 e. The summed E-state index contributed by atoms with van der Waals surface area (Å²) in [5, 5.41) is 11.9. The van der Waals surface area contributed by atoms with Crippen LogP contribution in [-0.2, 0) is 4.79 Å². The molecule has 5 nitrogen and oxygen atoms in total. The summed E-state index contributed by atoms with van der Waals surface area (Å²) < 4.78 is 0. The average molecular weight is 352 g/mol. The van der Waals surface area contributed by atoms with E-state index in [1.807, 2.05) is 18.2 Å². The Morgan fingerprint density at radius 2 is 2.00 bits per heavy atom. The third-order valence-corrected chi connectivity index (χ3v) is 5.16. The number of nitrogens with one attached hydrogen (secondary N) is 1. The number of piperidine rings is 1. The third-order valence-electron chi connectivity index (χ3n) is 5.16. The number of nitrogens with zero attached hydrogens (tertiary/aromatic N) is 3. The predicted octanol–water partition coefficient (Wildman–Crippen LogP) is 3.58. The molecule has 26 heavy (non-hydrogen) atoms. The zero-order chi connectivity index (χ0) is 18.5. The number of hydrogen-bond donors (Lipinski definition) is 1. The topological polar surface area (TPSA) is 58.1 Å². The van der Waals surface area contributed by atoms with E-state index in [4.69, 9.17) is 0 Å². The summed E-state index contributed by atoms with van der Waals surface area (Å²) in [7, 11) is 0. The normalized spacial score (nSPS) is 16.3. The minimum absolute atomic E-state index is 0.111. The van der Waals surface area contributed by atoms with E-state index >= 15 is 0 Å². The number of aryl methyl sites for hydroxylation is 1. The van der Waals surface area contributed by atoms with Gasteiger partial charge in [-0.15, -0.1) is 10.2 Å². The summed E-state index contributed by atoms with van der Waals surface area (Å²) in [5.41, 5.74) is 3.19. The van der Waals surface area contributed by atoms with Gasteiger partial charge in [-0.1, -0.05) is 30.7 Å². The highest BCUT2D eigenvalue weighted by Crippen LogP contribution is 2.24. The van der Waals surface area contributed by atoms with Crippen molar-refractivity contribution in [2.24, 2.45) is 5.92 Å². The predicted molar refractivity (Wildman–Crippen MR) is 105 cm³/mol. The van der Waals surface area contributed by atoms with Gasteiger partial charge in [0.25, 0.3) is 0 Å². The van der Waals surface area contributed by atoms with Crippen molar-refractivity contribution >= 4 is 11.7 Å². The van der Waals surface area contributed by atoms with Crippen LogP contribution in [0.1, 0.15) is 38.7 Å². The Balaban J connectivity index is 1.59. The van der Waals surface area contributed by atoms with Crippen molar-refractivity contribution in [2.45, 2.75) is 46.1 Å². The molecule has 138 valence electrons. The largest absolute Gasteiger partial charge is 0.355 e. The van der Waals surface area contributed by atoms with E-state index in [1.165, 1.54) is 5.56 Å².